The van der Waals surface area contributed by atoms with E-state index < -0.39 is 0 Å². The molecular weight excluding hydrogens is 432 g/mol. The van der Waals surface area contributed by atoms with E-state index in [1.807, 2.05) is 35.0 Å². The van der Waals surface area contributed by atoms with Crippen molar-refractivity contribution in [3.8, 4) is 0 Å². The van der Waals surface area contributed by atoms with Gasteiger partial charge >= 0.3 is 0 Å². The molecule has 2 saturated heterocycles. The number of nitrogens with zero attached hydrogens (tertiary/aromatic N) is 5. The number of aromatic nitrogens is 3. The van der Waals surface area contributed by atoms with Crippen molar-refractivity contribution in [3.63, 3.8) is 0 Å². The van der Waals surface area contributed by atoms with Gasteiger partial charge in [-0.2, -0.15) is 5.10 Å². The van der Waals surface area contributed by atoms with Crippen LogP contribution in [0.1, 0.15) is 23.2 Å². The van der Waals surface area contributed by atoms with Gasteiger partial charge in [-0.05, 0) is 47.6 Å². The Morgan fingerprint density at radius 2 is 2.24 bits per heavy atom. The molecule has 0 aromatic carbocycles. The number of carbonyl (C=O) groups excluding carboxylic acids is 2. The first-order valence-corrected chi connectivity index (χ1v) is 11.8. The summed E-state index contributed by atoms with van der Waals surface area (Å²) in [5.74, 6) is 1.42. The Hall–Kier alpha value is -3.30. The quantitative estimate of drug-likeness (QED) is 0.699. The number of pyridine rings is 1. The first kappa shape index (κ1) is 21.2. The molecule has 1 N–H and O–H groups in total. The maximum Gasteiger partial charge on any atom is 0.246 e. The Morgan fingerprint density at radius 1 is 1.32 bits per heavy atom. The number of anilines is 1. The molecule has 2 amide bonds. The van der Waals surface area contributed by atoms with Gasteiger partial charge in [-0.3, -0.25) is 19.2 Å². The Balaban J connectivity index is 1.12. The van der Waals surface area contributed by atoms with Gasteiger partial charge in [0.1, 0.15) is 11.9 Å². The lowest BCUT2D eigenvalue weighted by atomic mass is 9.99. The molecule has 1 aliphatic carbocycles. The maximum atomic E-state index is 12.9. The Kier molecular flexibility index (Phi) is 5.30. The van der Waals surface area contributed by atoms with Crippen molar-refractivity contribution in [2.75, 3.05) is 38.2 Å². The number of fused-ring (bicyclic) bond motifs is 3. The highest BCUT2D eigenvalue weighted by molar-refractivity contribution is 5.96. The number of morpholine rings is 1. The summed E-state index contributed by atoms with van der Waals surface area (Å²) in [7, 11) is 1.97. The molecule has 0 saturated carbocycles. The average Bonchev–Trinajstić information content (AvgIpc) is 3.51. The molecule has 9 nitrogen and oxygen atoms in total. The summed E-state index contributed by atoms with van der Waals surface area (Å²) >= 11 is 0. The topological polar surface area (TPSA) is 92.6 Å². The van der Waals surface area contributed by atoms with E-state index in [0.717, 1.165) is 30.6 Å². The van der Waals surface area contributed by atoms with Crippen molar-refractivity contribution in [1.82, 2.24) is 24.6 Å². The monoisotopic (exact) mass is 460 g/mol. The molecule has 0 bridgehead atoms. The molecule has 5 heterocycles. The van der Waals surface area contributed by atoms with Crippen molar-refractivity contribution in [2.45, 2.75) is 19.0 Å². The highest BCUT2D eigenvalue weighted by Crippen LogP contribution is 2.40. The lowest BCUT2D eigenvalue weighted by molar-refractivity contribution is -0.127. The third-order valence-corrected chi connectivity index (χ3v) is 7.41. The predicted octanol–water partition coefficient (Wildman–Crippen LogP) is 1.54. The second-order valence-corrected chi connectivity index (χ2v) is 9.56. The zero-order chi connectivity index (χ0) is 23.2. The molecular formula is C25H28N6O3. The van der Waals surface area contributed by atoms with E-state index in [-0.39, 0.29) is 17.9 Å². The fourth-order valence-corrected chi connectivity index (χ4v) is 5.58. The molecule has 3 unspecified atom stereocenters. The van der Waals surface area contributed by atoms with E-state index in [9.17, 15) is 9.59 Å². The Labute approximate surface area is 198 Å². The standard InChI is InChI=1S/C25H28N6O3/c1-29-21(4-5-27-29)17-9-18-12-31(13-19(18)10-17)23(32)3-2-16-8-20-14-30-6-7-34-15-22(30)25(33)28-24(20)26-11-16/h2-5,8-9,11,18-19,22H,6-7,10,12-15H2,1H3,(H,26,28,33)/b3-2+. The minimum atomic E-state index is -0.286. The SMILES string of the molecule is Cn1nccc1C1=CC2CN(C(=O)/C=C/c3cnc4c(c3)CN3CCOCC3C(=O)N4)CC2C1. The third kappa shape index (κ3) is 3.84. The number of ether oxygens (including phenoxy) is 1. The Morgan fingerprint density at radius 3 is 3.06 bits per heavy atom. The largest absolute Gasteiger partial charge is 0.378 e. The van der Waals surface area contributed by atoms with Gasteiger partial charge in [0, 0.05) is 57.3 Å². The smallest absolute Gasteiger partial charge is 0.246 e. The molecule has 2 aromatic rings. The summed E-state index contributed by atoms with van der Waals surface area (Å²) in [5.41, 5.74) is 4.31. The van der Waals surface area contributed by atoms with Crippen molar-refractivity contribution < 1.29 is 14.3 Å². The highest BCUT2D eigenvalue weighted by Gasteiger charge is 2.38. The molecule has 0 radical (unpaired) electrons. The van der Waals surface area contributed by atoms with Crippen LogP contribution in [0, 0.1) is 11.8 Å². The van der Waals surface area contributed by atoms with Crippen molar-refractivity contribution >= 4 is 29.3 Å². The van der Waals surface area contributed by atoms with Crippen LogP contribution >= 0.6 is 0 Å². The molecule has 4 aliphatic rings. The minimum absolute atomic E-state index is 0.0290. The number of allylic oxidation sites excluding steroid dienone is 1. The fraction of sp³-hybridized carbons (Fsp3) is 0.440. The first-order valence-electron chi connectivity index (χ1n) is 11.8. The second-order valence-electron chi connectivity index (χ2n) is 9.56. The van der Waals surface area contributed by atoms with Gasteiger partial charge in [-0.1, -0.05) is 6.08 Å². The van der Waals surface area contributed by atoms with E-state index in [0.29, 0.717) is 44.0 Å². The summed E-state index contributed by atoms with van der Waals surface area (Å²) in [5, 5.41) is 7.19. The van der Waals surface area contributed by atoms with Crippen LogP contribution in [0.25, 0.3) is 11.6 Å². The second kappa shape index (κ2) is 8.48. The van der Waals surface area contributed by atoms with Gasteiger partial charge in [0.25, 0.3) is 0 Å². The van der Waals surface area contributed by atoms with Crippen LogP contribution in [-0.2, 0) is 27.9 Å². The minimum Gasteiger partial charge on any atom is -0.378 e. The number of likely N-dealkylation sites (tertiary alicyclic amines) is 1. The normalized spacial score (nSPS) is 26.6. The number of hydrogen-bond acceptors (Lipinski definition) is 6. The number of nitrogens with one attached hydrogen (secondary N) is 1. The van der Waals surface area contributed by atoms with Crippen LogP contribution in [0.5, 0.6) is 0 Å². The van der Waals surface area contributed by atoms with Crippen molar-refractivity contribution in [3.05, 3.63) is 53.5 Å². The number of amides is 2. The summed E-state index contributed by atoms with van der Waals surface area (Å²) in [6.07, 6.45) is 10.3. The average molecular weight is 461 g/mol. The van der Waals surface area contributed by atoms with Gasteiger partial charge < -0.3 is 15.0 Å². The third-order valence-electron chi connectivity index (χ3n) is 7.41. The van der Waals surface area contributed by atoms with Crippen molar-refractivity contribution in [2.24, 2.45) is 18.9 Å². The molecule has 3 aliphatic heterocycles. The molecule has 3 atom stereocenters. The summed E-state index contributed by atoms with van der Waals surface area (Å²) in [6, 6.07) is 3.77. The predicted molar refractivity (Wildman–Crippen MR) is 126 cm³/mol. The van der Waals surface area contributed by atoms with E-state index in [2.05, 4.69) is 32.4 Å². The molecule has 34 heavy (non-hydrogen) atoms. The van der Waals surface area contributed by atoms with Crippen LogP contribution in [-0.4, -0.2) is 75.3 Å². The molecule has 2 aromatic heterocycles. The fourth-order valence-electron chi connectivity index (χ4n) is 5.58. The number of aryl methyl sites for hydroxylation is 1. The summed E-state index contributed by atoms with van der Waals surface area (Å²) in [6.45, 7) is 3.89. The lowest BCUT2D eigenvalue weighted by Gasteiger charge is -2.32. The number of hydrogen-bond donors (Lipinski definition) is 1. The lowest BCUT2D eigenvalue weighted by Crippen LogP contribution is -2.49. The van der Waals surface area contributed by atoms with Gasteiger partial charge in [-0.15, -0.1) is 0 Å². The van der Waals surface area contributed by atoms with Crippen LogP contribution in [0.4, 0.5) is 5.82 Å². The molecule has 176 valence electrons. The summed E-state index contributed by atoms with van der Waals surface area (Å²) < 4.78 is 7.39. The summed E-state index contributed by atoms with van der Waals surface area (Å²) in [4.78, 5) is 33.9. The number of rotatable bonds is 3. The molecule has 0 spiro atoms. The maximum absolute atomic E-state index is 12.9. The van der Waals surface area contributed by atoms with E-state index in [1.165, 1.54) is 11.3 Å². The Bertz CT molecular complexity index is 1200. The van der Waals surface area contributed by atoms with E-state index >= 15 is 0 Å². The molecule has 9 heteroatoms. The van der Waals surface area contributed by atoms with Crippen LogP contribution in [0.15, 0.2) is 36.7 Å². The van der Waals surface area contributed by atoms with E-state index in [1.54, 1.807) is 12.3 Å². The molecule has 6 rings (SSSR count). The molecule has 2 fully saturated rings. The van der Waals surface area contributed by atoms with Gasteiger partial charge in [0.2, 0.25) is 11.8 Å². The van der Waals surface area contributed by atoms with E-state index in [4.69, 9.17) is 4.74 Å². The number of carbonyl (C=O) groups is 2. The van der Waals surface area contributed by atoms with Crippen LogP contribution in [0.3, 0.4) is 0 Å². The zero-order valence-corrected chi connectivity index (χ0v) is 19.2. The van der Waals surface area contributed by atoms with Crippen LogP contribution < -0.4 is 5.32 Å². The highest BCUT2D eigenvalue weighted by atomic mass is 16.5. The van der Waals surface area contributed by atoms with Gasteiger partial charge in [0.15, 0.2) is 0 Å². The van der Waals surface area contributed by atoms with Gasteiger partial charge in [-0.25, -0.2) is 4.98 Å². The zero-order valence-electron chi connectivity index (χ0n) is 19.2. The van der Waals surface area contributed by atoms with Gasteiger partial charge in [0.05, 0.1) is 18.9 Å². The first-order chi connectivity index (χ1) is 16.5. The van der Waals surface area contributed by atoms with Crippen molar-refractivity contribution in [1.29, 1.82) is 0 Å². The van der Waals surface area contributed by atoms with Crippen LogP contribution in [0.2, 0.25) is 0 Å².